The quantitative estimate of drug-likeness (QED) is 0.848. The lowest BCUT2D eigenvalue weighted by atomic mass is 10.2. The summed E-state index contributed by atoms with van der Waals surface area (Å²) < 4.78 is 0. The number of amides is 1. The molecule has 1 aromatic rings. The molecule has 0 unspecified atom stereocenters. The Hall–Kier alpha value is -1.33. The maximum absolute atomic E-state index is 11.5. The molecule has 2 heterocycles. The van der Waals surface area contributed by atoms with Gasteiger partial charge in [-0.15, -0.1) is 0 Å². The van der Waals surface area contributed by atoms with Gasteiger partial charge >= 0.3 is 0 Å². The number of hydrogen-bond acceptors (Lipinski definition) is 4. The Bertz CT molecular complexity index is 458. The van der Waals surface area contributed by atoms with Crippen molar-refractivity contribution in [3.8, 4) is 0 Å². The van der Waals surface area contributed by atoms with Gasteiger partial charge in [-0.1, -0.05) is 18.5 Å². The van der Waals surface area contributed by atoms with Crippen LogP contribution in [0.1, 0.15) is 17.4 Å². The average molecular weight is 283 g/mol. The Morgan fingerprint density at radius 1 is 1.37 bits per heavy atom. The van der Waals surface area contributed by atoms with Crippen molar-refractivity contribution in [2.45, 2.75) is 6.92 Å². The number of hydrogen-bond donors (Lipinski definition) is 1. The molecule has 0 aliphatic carbocycles. The molecule has 5 nitrogen and oxygen atoms in total. The molecule has 1 saturated heterocycles. The second-order valence-corrected chi connectivity index (χ2v) is 4.86. The van der Waals surface area contributed by atoms with Crippen molar-refractivity contribution in [3.05, 3.63) is 23.0 Å². The van der Waals surface area contributed by atoms with E-state index in [-0.39, 0.29) is 5.91 Å². The normalized spacial score (nSPS) is 16.5. The number of pyridine rings is 1. The van der Waals surface area contributed by atoms with Gasteiger partial charge in [0.05, 0.1) is 5.69 Å². The fourth-order valence-electron chi connectivity index (χ4n) is 2.22. The minimum absolute atomic E-state index is 0.218. The number of nitrogens with zero attached hydrogens (tertiary/aromatic N) is 3. The fourth-order valence-corrected chi connectivity index (χ4v) is 2.50. The topological polar surface area (TPSA) is 48.5 Å². The van der Waals surface area contributed by atoms with E-state index in [0.29, 0.717) is 10.8 Å². The van der Waals surface area contributed by atoms with E-state index in [1.807, 2.05) is 6.07 Å². The summed E-state index contributed by atoms with van der Waals surface area (Å²) in [5, 5.41) is 2.94. The van der Waals surface area contributed by atoms with Crippen LogP contribution < -0.4 is 10.2 Å². The van der Waals surface area contributed by atoms with Crippen molar-refractivity contribution < 1.29 is 4.79 Å². The molecule has 0 bridgehead atoms. The third-order valence-corrected chi connectivity index (χ3v) is 3.73. The summed E-state index contributed by atoms with van der Waals surface area (Å²) in [5.74, 6) is -0.218. The van der Waals surface area contributed by atoms with Gasteiger partial charge < -0.3 is 15.1 Å². The number of halogens is 1. The number of carbonyl (C=O) groups is 1. The van der Waals surface area contributed by atoms with Crippen LogP contribution in [-0.4, -0.2) is 55.6 Å². The number of nitrogens with one attached hydrogen (secondary N) is 1. The minimum Gasteiger partial charge on any atom is -0.366 e. The second-order valence-electron chi connectivity index (χ2n) is 4.51. The molecule has 0 atom stereocenters. The monoisotopic (exact) mass is 282 g/mol. The van der Waals surface area contributed by atoms with Crippen molar-refractivity contribution in [1.29, 1.82) is 0 Å². The van der Waals surface area contributed by atoms with E-state index >= 15 is 0 Å². The van der Waals surface area contributed by atoms with Gasteiger partial charge in [0.15, 0.2) is 5.15 Å². The van der Waals surface area contributed by atoms with Gasteiger partial charge in [-0.05, 0) is 18.7 Å². The molecule has 6 heteroatoms. The van der Waals surface area contributed by atoms with E-state index in [0.717, 1.165) is 38.4 Å². The Morgan fingerprint density at radius 2 is 2.05 bits per heavy atom. The molecule has 19 heavy (non-hydrogen) atoms. The highest BCUT2D eigenvalue weighted by molar-refractivity contribution is 6.32. The molecular formula is C13H19ClN4O. The SMILES string of the molecule is CCN1CCN(c2ccc(C(=O)NC)nc2Cl)CC1. The van der Waals surface area contributed by atoms with E-state index in [1.54, 1.807) is 13.1 Å². The molecular weight excluding hydrogens is 264 g/mol. The summed E-state index contributed by atoms with van der Waals surface area (Å²) in [7, 11) is 1.58. The van der Waals surface area contributed by atoms with Crippen LogP contribution in [-0.2, 0) is 0 Å². The summed E-state index contributed by atoms with van der Waals surface area (Å²) in [4.78, 5) is 20.3. The van der Waals surface area contributed by atoms with Crippen molar-refractivity contribution in [2.75, 3.05) is 44.7 Å². The van der Waals surface area contributed by atoms with Crippen LogP contribution in [0.4, 0.5) is 5.69 Å². The molecule has 104 valence electrons. The summed E-state index contributed by atoms with van der Waals surface area (Å²) in [6.07, 6.45) is 0. The van der Waals surface area contributed by atoms with Crippen LogP contribution >= 0.6 is 11.6 Å². The lowest BCUT2D eigenvalue weighted by Crippen LogP contribution is -2.46. The molecule has 1 N–H and O–H groups in total. The predicted molar refractivity (Wildman–Crippen MR) is 77.0 cm³/mol. The highest BCUT2D eigenvalue weighted by Crippen LogP contribution is 2.25. The van der Waals surface area contributed by atoms with E-state index in [2.05, 4.69) is 27.0 Å². The third kappa shape index (κ3) is 3.16. The predicted octanol–water partition coefficient (Wildman–Crippen LogP) is 1.24. The molecule has 0 spiro atoms. The fraction of sp³-hybridized carbons (Fsp3) is 0.538. The number of rotatable bonds is 3. The summed E-state index contributed by atoms with van der Waals surface area (Å²) in [5.41, 5.74) is 1.26. The van der Waals surface area contributed by atoms with Gasteiger partial charge in [0, 0.05) is 33.2 Å². The first kappa shape index (κ1) is 14.1. The van der Waals surface area contributed by atoms with Crippen molar-refractivity contribution in [2.24, 2.45) is 0 Å². The van der Waals surface area contributed by atoms with Crippen LogP contribution in [0.15, 0.2) is 12.1 Å². The Labute approximate surface area is 118 Å². The van der Waals surface area contributed by atoms with Gasteiger partial charge in [0.2, 0.25) is 0 Å². The van der Waals surface area contributed by atoms with E-state index < -0.39 is 0 Å². The molecule has 1 aliphatic heterocycles. The lowest BCUT2D eigenvalue weighted by molar-refractivity contribution is 0.0958. The van der Waals surface area contributed by atoms with Crippen molar-refractivity contribution >= 4 is 23.2 Å². The summed E-state index contributed by atoms with van der Waals surface area (Å²) in [6.45, 7) is 7.19. The van der Waals surface area contributed by atoms with Crippen LogP contribution in [0.25, 0.3) is 0 Å². The minimum atomic E-state index is -0.218. The maximum Gasteiger partial charge on any atom is 0.269 e. The van der Waals surface area contributed by atoms with Crippen LogP contribution in [0, 0.1) is 0 Å². The number of aromatic nitrogens is 1. The number of likely N-dealkylation sites (N-methyl/N-ethyl adjacent to an activating group) is 1. The first-order valence-corrected chi connectivity index (χ1v) is 6.89. The molecule has 1 aliphatic rings. The van der Waals surface area contributed by atoms with Crippen LogP contribution in [0.5, 0.6) is 0 Å². The largest absolute Gasteiger partial charge is 0.366 e. The average Bonchev–Trinajstić information content (AvgIpc) is 2.46. The Kier molecular flexibility index (Phi) is 4.61. The zero-order chi connectivity index (χ0) is 13.8. The first-order valence-electron chi connectivity index (χ1n) is 6.51. The van der Waals surface area contributed by atoms with Gasteiger partial charge in [-0.3, -0.25) is 4.79 Å². The lowest BCUT2D eigenvalue weighted by Gasteiger charge is -2.35. The zero-order valence-electron chi connectivity index (χ0n) is 11.3. The van der Waals surface area contributed by atoms with Gasteiger partial charge in [0.1, 0.15) is 5.69 Å². The summed E-state index contributed by atoms with van der Waals surface area (Å²) >= 11 is 6.19. The summed E-state index contributed by atoms with van der Waals surface area (Å²) in [6, 6.07) is 3.59. The Balaban J connectivity index is 2.11. The molecule has 2 rings (SSSR count). The Morgan fingerprint density at radius 3 is 2.58 bits per heavy atom. The molecule has 1 fully saturated rings. The number of piperazine rings is 1. The highest BCUT2D eigenvalue weighted by atomic mass is 35.5. The number of anilines is 1. The smallest absolute Gasteiger partial charge is 0.269 e. The number of carbonyl (C=O) groups excluding carboxylic acids is 1. The van der Waals surface area contributed by atoms with Crippen molar-refractivity contribution in [1.82, 2.24) is 15.2 Å². The van der Waals surface area contributed by atoms with E-state index in [9.17, 15) is 4.79 Å². The standard InChI is InChI=1S/C13H19ClN4O/c1-3-17-6-8-18(9-7-17)11-5-4-10(13(19)15-2)16-12(11)14/h4-5H,3,6-9H2,1-2H3,(H,15,19). The molecule has 0 aromatic carbocycles. The van der Waals surface area contributed by atoms with Crippen LogP contribution in [0.2, 0.25) is 5.15 Å². The zero-order valence-corrected chi connectivity index (χ0v) is 12.1. The molecule has 0 saturated carbocycles. The third-order valence-electron chi connectivity index (χ3n) is 3.45. The van der Waals surface area contributed by atoms with Gasteiger partial charge in [0.25, 0.3) is 5.91 Å². The van der Waals surface area contributed by atoms with Gasteiger partial charge in [-0.2, -0.15) is 0 Å². The second kappa shape index (κ2) is 6.21. The molecule has 1 aromatic heterocycles. The highest BCUT2D eigenvalue weighted by Gasteiger charge is 2.19. The molecule has 1 amide bonds. The van der Waals surface area contributed by atoms with Crippen molar-refractivity contribution in [3.63, 3.8) is 0 Å². The van der Waals surface area contributed by atoms with Crippen LogP contribution in [0.3, 0.4) is 0 Å². The van der Waals surface area contributed by atoms with E-state index in [1.165, 1.54) is 0 Å². The molecule has 0 radical (unpaired) electrons. The van der Waals surface area contributed by atoms with Gasteiger partial charge in [-0.25, -0.2) is 4.98 Å². The van der Waals surface area contributed by atoms with E-state index in [4.69, 9.17) is 11.6 Å². The first-order chi connectivity index (χ1) is 9.15. The maximum atomic E-state index is 11.5.